The highest BCUT2D eigenvalue weighted by Gasteiger charge is 2.29. The molecule has 2 N–H and O–H groups in total. The number of aromatic nitrogens is 4. The van der Waals surface area contributed by atoms with Crippen LogP contribution in [0.1, 0.15) is 19.8 Å². The van der Waals surface area contributed by atoms with Crippen LogP contribution in [0.5, 0.6) is 0 Å². The van der Waals surface area contributed by atoms with Gasteiger partial charge in [-0.2, -0.15) is 10.1 Å². The second-order valence-corrected chi connectivity index (χ2v) is 7.50. The second-order valence-electron chi connectivity index (χ2n) is 7.10. The quantitative estimate of drug-likeness (QED) is 0.655. The highest BCUT2D eigenvalue weighted by atomic mass is 35.5. The van der Waals surface area contributed by atoms with Crippen molar-refractivity contribution in [2.24, 2.45) is 13.0 Å². The van der Waals surface area contributed by atoms with Gasteiger partial charge in [-0.1, -0.05) is 29.8 Å². The molecule has 1 aliphatic heterocycles. The molecule has 1 saturated heterocycles. The number of piperidine rings is 1. The number of nitrogens with zero attached hydrogens (tertiary/aromatic N) is 5. The van der Waals surface area contributed by atoms with Gasteiger partial charge in [0, 0.05) is 30.7 Å². The summed E-state index contributed by atoms with van der Waals surface area (Å²) in [6.45, 7) is 3.46. The fourth-order valence-electron chi connectivity index (χ4n) is 3.70. The van der Waals surface area contributed by atoms with Gasteiger partial charge in [0.1, 0.15) is 5.82 Å². The van der Waals surface area contributed by atoms with Gasteiger partial charge in [-0.15, -0.1) is 0 Å². The van der Waals surface area contributed by atoms with Gasteiger partial charge in [0.25, 0.3) is 0 Å². The number of aryl methyl sites for hydroxylation is 1. The third kappa shape index (κ3) is 3.60. The normalized spacial score (nSPS) is 16.9. The number of fused-ring (bicyclic) bond motifs is 1. The van der Waals surface area contributed by atoms with Gasteiger partial charge in [-0.25, -0.2) is 4.98 Å². The van der Waals surface area contributed by atoms with Crippen LogP contribution >= 0.6 is 11.6 Å². The number of nitrogen functional groups attached to an aromatic ring is 1. The van der Waals surface area contributed by atoms with E-state index in [1.54, 1.807) is 11.7 Å². The van der Waals surface area contributed by atoms with E-state index in [1.807, 2.05) is 36.1 Å². The smallest absolute Gasteiger partial charge is 0.310 e. The van der Waals surface area contributed by atoms with Crippen LogP contribution in [0.15, 0.2) is 24.3 Å². The van der Waals surface area contributed by atoms with E-state index in [0.717, 1.165) is 24.9 Å². The van der Waals surface area contributed by atoms with Crippen molar-refractivity contribution in [3.63, 3.8) is 0 Å². The number of esters is 1. The molecule has 1 aliphatic rings. The summed E-state index contributed by atoms with van der Waals surface area (Å²) in [5.41, 5.74) is 8.16. The number of halogens is 1. The summed E-state index contributed by atoms with van der Waals surface area (Å²) in [7, 11) is 1.77. The first-order chi connectivity index (χ1) is 14.0. The number of carbonyl (C=O) groups is 1. The van der Waals surface area contributed by atoms with E-state index in [0.29, 0.717) is 46.7 Å². The Kier molecular flexibility index (Phi) is 5.27. The number of hydrogen-bond acceptors (Lipinski definition) is 7. The zero-order chi connectivity index (χ0) is 20.5. The predicted molar refractivity (Wildman–Crippen MR) is 113 cm³/mol. The zero-order valence-corrected chi connectivity index (χ0v) is 17.2. The molecule has 1 aromatic carbocycles. The summed E-state index contributed by atoms with van der Waals surface area (Å²) in [6.07, 6.45) is 1.65. The Hall–Kier alpha value is -2.87. The lowest BCUT2D eigenvalue weighted by molar-refractivity contribution is -0.148. The van der Waals surface area contributed by atoms with Crippen molar-refractivity contribution in [1.82, 2.24) is 19.7 Å². The van der Waals surface area contributed by atoms with E-state index >= 15 is 0 Å². The molecule has 0 amide bonds. The molecule has 29 heavy (non-hydrogen) atoms. The topological polar surface area (TPSA) is 99.2 Å². The lowest BCUT2D eigenvalue weighted by Gasteiger charge is -2.31. The number of nitrogens with two attached hydrogens (primary N) is 1. The van der Waals surface area contributed by atoms with Crippen molar-refractivity contribution in [2.75, 3.05) is 30.3 Å². The Morgan fingerprint density at radius 2 is 2.14 bits per heavy atom. The molecule has 4 rings (SSSR count). The highest BCUT2D eigenvalue weighted by Crippen LogP contribution is 2.36. The minimum Gasteiger partial charge on any atom is -0.466 e. The molecule has 152 valence electrons. The van der Waals surface area contributed by atoms with Gasteiger partial charge in [-0.05, 0) is 25.8 Å². The van der Waals surface area contributed by atoms with Crippen molar-refractivity contribution in [2.45, 2.75) is 19.8 Å². The molecular weight excluding hydrogens is 392 g/mol. The molecule has 0 radical (unpaired) electrons. The Bertz CT molecular complexity index is 1070. The summed E-state index contributed by atoms with van der Waals surface area (Å²) in [5.74, 6) is 0.622. The number of rotatable bonds is 4. The maximum Gasteiger partial charge on any atom is 0.310 e. The van der Waals surface area contributed by atoms with Crippen molar-refractivity contribution in [3.8, 4) is 11.3 Å². The molecule has 8 nitrogen and oxygen atoms in total. The molecule has 0 saturated carbocycles. The molecular formula is C20H23ClN6O2. The van der Waals surface area contributed by atoms with E-state index in [9.17, 15) is 4.79 Å². The molecule has 1 fully saturated rings. The molecule has 0 unspecified atom stereocenters. The minimum atomic E-state index is -0.194. The van der Waals surface area contributed by atoms with E-state index in [4.69, 9.17) is 27.1 Å². The van der Waals surface area contributed by atoms with Crippen molar-refractivity contribution < 1.29 is 9.53 Å². The van der Waals surface area contributed by atoms with E-state index in [2.05, 4.69) is 10.1 Å². The fourth-order valence-corrected chi connectivity index (χ4v) is 3.93. The zero-order valence-electron chi connectivity index (χ0n) is 16.4. The predicted octanol–water partition coefficient (Wildman–Crippen LogP) is 3.05. The summed E-state index contributed by atoms with van der Waals surface area (Å²) in [6, 6.07) is 7.48. The molecule has 3 heterocycles. The summed E-state index contributed by atoms with van der Waals surface area (Å²) in [4.78, 5) is 23.7. The Balaban J connectivity index is 1.80. The molecule has 0 spiro atoms. The van der Waals surface area contributed by atoms with Crippen molar-refractivity contribution >= 4 is 40.4 Å². The first-order valence-corrected chi connectivity index (χ1v) is 10.0. The Morgan fingerprint density at radius 1 is 1.34 bits per heavy atom. The molecule has 2 aromatic heterocycles. The maximum absolute atomic E-state index is 12.2. The standard InChI is InChI=1S/C20H23ClN6O2/c1-3-29-19(28)12-7-6-10-27(11-12)20-23-16(13-8-4-5-9-14(13)21)15-17(22)26(2)25-18(15)24-20/h4-5,8-9,12H,3,6-7,10-11,22H2,1-2H3/t12-/m0/s1. The van der Waals surface area contributed by atoms with Crippen LogP contribution < -0.4 is 10.6 Å². The maximum atomic E-state index is 12.2. The summed E-state index contributed by atoms with van der Waals surface area (Å²) >= 11 is 6.45. The average Bonchev–Trinajstić information content (AvgIpc) is 3.02. The van der Waals surface area contributed by atoms with Crippen LogP contribution in [0, 0.1) is 5.92 Å². The van der Waals surface area contributed by atoms with E-state index in [1.165, 1.54) is 0 Å². The molecule has 9 heteroatoms. The number of carbonyl (C=O) groups excluding carboxylic acids is 1. The van der Waals surface area contributed by atoms with Crippen LogP contribution in [-0.2, 0) is 16.6 Å². The van der Waals surface area contributed by atoms with E-state index < -0.39 is 0 Å². The third-order valence-corrected chi connectivity index (χ3v) is 5.51. The molecule has 3 aromatic rings. The SMILES string of the molecule is CCOC(=O)[C@H]1CCCN(c2nc(-c3ccccc3Cl)c3c(N)n(C)nc3n2)C1. The molecule has 0 bridgehead atoms. The largest absolute Gasteiger partial charge is 0.466 e. The van der Waals surface area contributed by atoms with Gasteiger partial charge in [0.2, 0.25) is 5.95 Å². The second kappa shape index (κ2) is 7.87. The van der Waals surface area contributed by atoms with Crippen molar-refractivity contribution in [1.29, 1.82) is 0 Å². The first-order valence-electron chi connectivity index (χ1n) is 9.66. The van der Waals surface area contributed by atoms with Gasteiger partial charge in [0.05, 0.1) is 23.6 Å². The highest BCUT2D eigenvalue weighted by molar-refractivity contribution is 6.33. The monoisotopic (exact) mass is 414 g/mol. The average molecular weight is 415 g/mol. The lowest BCUT2D eigenvalue weighted by atomic mass is 9.98. The van der Waals surface area contributed by atoms with Gasteiger partial charge in [-0.3, -0.25) is 9.48 Å². The van der Waals surface area contributed by atoms with Crippen LogP contribution in [0.3, 0.4) is 0 Å². The van der Waals surface area contributed by atoms with Crippen LogP contribution in [0.25, 0.3) is 22.3 Å². The molecule has 1 atom stereocenters. The fraction of sp³-hybridized carbons (Fsp3) is 0.400. The summed E-state index contributed by atoms with van der Waals surface area (Å²) in [5, 5.41) is 5.69. The van der Waals surface area contributed by atoms with Gasteiger partial charge >= 0.3 is 5.97 Å². The number of anilines is 2. The Labute approximate surface area is 173 Å². The number of benzene rings is 1. The van der Waals surface area contributed by atoms with Gasteiger partial charge < -0.3 is 15.4 Å². The number of ether oxygens (including phenoxy) is 1. The van der Waals surface area contributed by atoms with Crippen LogP contribution in [-0.4, -0.2) is 45.4 Å². The van der Waals surface area contributed by atoms with E-state index in [-0.39, 0.29) is 11.9 Å². The first kappa shape index (κ1) is 19.4. The lowest BCUT2D eigenvalue weighted by Crippen LogP contribution is -2.40. The molecule has 0 aliphatic carbocycles. The van der Waals surface area contributed by atoms with Crippen LogP contribution in [0.4, 0.5) is 11.8 Å². The minimum absolute atomic E-state index is 0.174. The van der Waals surface area contributed by atoms with Crippen LogP contribution in [0.2, 0.25) is 5.02 Å². The Morgan fingerprint density at radius 3 is 2.90 bits per heavy atom. The van der Waals surface area contributed by atoms with Crippen molar-refractivity contribution in [3.05, 3.63) is 29.3 Å². The third-order valence-electron chi connectivity index (χ3n) is 5.18. The number of hydrogen-bond donors (Lipinski definition) is 1. The van der Waals surface area contributed by atoms with Gasteiger partial charge in [0.15, 0.2) is 5.65 Å². The summed E-state index contributed by atoms with van der Waals surface area (Å²) < 4.78 is 6.79.